The SMILES string of the molecule is Cc1ccc(C2=N/C(=C\c3ccc(C(C)C)cc3)C(=O)N2CCC(=O)O)cc1. The van der Waals surface area contributed by atoms with E-state index in [1.807, 2.05) is 55.5 Å². The number of aliphatic carboxylic acids is 1. The molecule has 2 aromatic rings. The van der Waals surface area contributed by atoms with Crippen molar-refractivity contribution >= 4 is 23.8 Å². The van der Waals surface area contributed by atoms with Crippen molar-refractivity contribution in [1.29, 1.82) is 0 Å². The second-order valence-corrected chi connectivity index (χ2v) is 7.25. The standard InChI is InChI=1S/C23H24N2O3/c1-15(2)18-10-6-17(7-11-18)14-20-23(28)25(13-12-21(26)27)22(24-20)19-8-4-16(3)5-9-19/h4-11,14-15H,12-13H2,1-3H3,(H,26,27)/b20-14-. The minimum Gasteiger partial charge on any atom is -0.481 e. The number of hydrogen-bond donors (Lipinski definition) is 1. The van der Waals surface area contributed by atoms with Gasteiger partial charge in [0.15, 0.2) is 0 Å². The number of hydrogen-bond acceptors (Lipinski definition) is 3. The second kappa shape index (κ2) is 8.21. The summed E-state index contributed by atoms with van der Waals surface area (Å²) in [5, 5.41) is 9.03. The largest absolute Gasteiger partial charge is 0.481 e. The molecule has 0 aliphatic carbocycles. The van der Waals surface area contributed by atoms with E-state index >= 15 is 0 Å². The fourth-order valence-corrected chi connectivity index (χ4v) is 3.02. The van der Waals surface area contributed by atoms with Crippen molar-refractivity contribution in [3.05, 3.63) is 76.5 Å². The topological polar surface area (TPSA) is 70.0 Å². The number of rotatable bonds is 6. The van der Waals surface area contributed by atoms with E-state index in [2.05, 4.69) is 18.8 Å². The summed E-state index contributed by atoms with van der Waals surface area (Å²) in [6.07, 6.45) is 1.62. The minimum atomic E-state index is -0.947. The number of aryl methyl sites for hydroxylation is 1. The number of nitrogens with zero attached hydrogens (tertiary/aromatic N) is 2. The van der Waals surface area contributed by atoms with Crippen LogP contribution in [0.5, 0.6) is 0 Å². The third kappa shape index (κ3) is 4.36. The van der Waals surface area contributed by atoms with Gasteiger partial charge in [-0.3, -0.25) is 14.5 Å². The van der Waals surface area contributed by atoms with Crippen LogP contribution in [0.15, 0.2) is 59.2 Å². The third-order valence-corrected chi connectivity index (χ3v) is 4.71. The number of aliphatic imine (C=N–C) groups is 1. The van der Waals surface area contributed by atoms with Crippen LogP contribution in [0.2, 0.25) is 0 Å². The molecule has 0 fully saturated rings. The van der Waals surface area contributed by atoms with Crippen LogP contribution in [0.1, 0.15) is 48.4 Å². The molecule has 0 unspecified atom stereocenters. The molecule has 0 bridgehead atoms. The smallest absolute Gasteiger partial charge is 0.305 e. The molecule has 0 saturated heterocycles. The van der Waals surface area contributed by atoms with E-state index in [-0.39, 0.29) is 18.9 Å². The van der Waals surface area contributed by atoms with E-state index in [0.717, 1.165) is 16.7 Å². The van der Waals surface area contributed by atoms with Gasteiger partial charge in [-0.1, -0.05) is 67.9 Å². The lowest BCUT2D eigenvalue weighted by Crippen LogP contribution is -2.34. The second-order valence-electron chi connectivity index (χ2n) is 7.25. The van der Waals surface area contributed by atoms with Gasteiger partial charge in [0.05, 0.1) is 6.42 Å². The predicted octanol–water partition coefficient (Wildman–Crippen LogP) is 4.22. The summed E-state index contributed by atoms with van der Waals surface area (Å²) in [4.78, 5) is 29.9. The van der Waals surface area contributed by atoms with Gasteiger partial charge in [0.1, 0.15) is 11.5 Å². The Labute approximate surface area is 165 Å². The number of carboxylic acids is 1. The van der Waals surface area contributed by atoms with E-state index < -0.39 is 5.97 Å². The molecule has 1 heterocycles. The minimum absolute atomic E-state index is 0.0878. The fourth-order valence-electron chi connectivity index (χ4n) is 3.02. The molecule has 0 atom stereocenters. The van der Waals surface area contributed by atoms with Gasteiger partial charge in [0.25, 0.3) is 5.91 Å². The zero-order valence-electron chi connectivity index (χ0n) is 16.3. The first-order valence-corrected chi connectivity index (χ1v) is 9.36. The molecular weight excluding hydrogens is 352 g/mol. The third-order valence-electron chi connectivity index (χ3n) is 4.71. The molecule has 2 aromatic carbocycles. The average Bonchev–Trinajstić information content (AvgIpc) is 2.96. The van der Waals surface area contributed by atoms with Gasteiger partial charge in [-0.2, -0.15) is 0 Å². The monoisotopic (exact) mass is 376 g/mol. The van der Waals surface area contributed by atoms with Gasteiger partial charge in [0, 0.05) is 12.1 Å². The zero-order chi connectivity index (χ0) is 20.3. The van der Waals surface area contributed by atoms with Crippen LogP contribution in [-0.2, 0) is 9.59 Å². The quantitative estimate of drug-likeness (QED) is 0.767. The summed E-state index contributed by atoms with van der Waals surface area (Å²) in [6.45, 7) is 6.34. The Morgan fingerprint density at radius 1 is 1.11 bits per heavy atom. The molecule has 3 rings (SSSR count). The molecule has 0 radical (unpaired) electrons. The van der Waals surface area contributed by atoms with Crippen LogP contribution in [0.3, 0.4) is 0 Å². The van der Waals surface area contributed by atoms with E-state index in [1.54, 1.807) is 6.08 Å². The molecule has 1 N–H and O–H groups in total. The fraction of sp³-hybridized carbons (Fsp3) is 0.261. The average molecular weight is 376 g/mol. The summed E-state index contributed by atoms with van der Waals surface area (Å²) in [7, 11) is 0. The normalized spacial score (nSPS) is 15.4. The Balaban J connectivity index is 1.95. The molecule has 0 spiro atoms. The van der Waals surface area contributed by atoms with Crippen LogP contribution >= 0.6 is 0 Å². The molecule has 144 valence electrons. The van der Waals surface area contributed by atoms with Crippen molar-refractivity contribution in [3.63, 3.8) is 0 Å². The molecule has 0 saturated carbocycles. The Morgan fingerprint density at radius 2 is 1.75 bits per heavy atom. The maximum absolute atomic E-state index is 12.9. The van der Waals surface area contributed by atoms with Gasteiger partial charge in [-0.15, -0.1) is 0 Å². The van der Waals surface area contributed by atoms with Crippen molar-refractivity contribution in [1.82, 2.24) is 4.90 Å². The van der Waals surface area contributed by atoms with Crippen LogP contribution in [0.25, 0.3) is 6.08 Å². The van der Waals surface area contributed by atoms with Crippen molar-refractivity contribution < 1.29 is 14.7 Å². The summed E-state index contributed by atoms with van der Waals surface area (Å²) in [6, 6.07) is 15.7. The Kier molecular flexibility index (Phi) is 5.73. The molecule has 1 amide bonds. The Bertz CT molecular complexity index is 939. The van der Waals surface area contributed by atoms with E-state index in [9.17, 15) is 9.59 Å². The molecule has 1 aliphatic heterocycles. The molecule has 28 heavy (non-hydrogen) atoms. The van der Waals surface area contributed by atoms with Crippen LogP contribution in [-0.4, -0.2) is 34.3 Å². The van der Waals surface area contributed by atoms with Crippen LogP contribution in [0.4, 0.5) is 0 Å². The first kappa shape index (κ1) is 19.5. The lowest BCUT2D eigenvalue weighted by atomic mass is 10.0. The van der Waals surface area contributed by atoms with E-state index in [1.165, 1.54) is 10.5 Å². The number of amidine groups is 1. The van der Waals surface area contributed by atoms with Crippen LogP contribution < -0.4 is 0 Å². The van der Waals surface area contributed by atoms with E-state index in [4.69, 9.17) is 5.11 Å². The highest BCUT2D eigenvalue weighted by atomic mass is 16.4. The van der Waals surface area contributed by atoms with E-state index in [0.29, 0.717) is 17.5 Å². The van der Waals surface area contributed by atoms with Gasteiger partial charge in [0.2, 0.25) is 0 Å². The van der Waals surface area contributed by atoms with Crippen molar-refractivity contribution in [2.75, 3.05) is 6.54 Å². The maximum Gasteiger partial charge on any atom is 0.305 e. The van der Waals surface area contributed by atoms with Gasteiger partial charge in [-0.25, -0.2) is 4.99 Å². The zero-order valence-corrected chi connectivity index (χ0v) is 16.3. The van der Waals surface area contributed by atoms with Crippen molar-refractivity contribution in [2.24, 2.45) is 4.99 Å². The number of carbonyl (C=O) groups is 2. The first-order chi connectivity index (χ1) is 13.3. The highest BCUT2D eigenvalue weighted by molar-refractivity contribution is 6.19. The van der Waals surface area contributed by atoms with Gasteiger partial charge < -0.3 is 5.11 Å². The number of carbonyl (C=O) groups excluding carboxylic acids is 1. The summed E-state index contributed by atoms with van der Waals surface area (Å²) in [5.74, 6) is -0.286. The van der Waals surface area contributed by atoms with Crippen molar-refractivity contribution in [3.8, 4) is 0 Å². The maximum atomic E-state index is 12.9. The number of carboxylic acid groups (broad SMARTS) is 1. The molecular formula is C23H24N2O3. The molecule has 5 nitrogen and oxygen atoms in total. The number of amides is 1. The first-order valence-electron chi connectivity index (χ1n) is 9.36. The highest BCUT2D eigenvalue weighted by Gasteiger charge is 2.31. The van der Waals surface area contributed by atoms with Crippen molar-refractivity contribution in [2.45, 2.75) is 33.1 Å². The molecule has 0 aromatic heterocycles. The van der Waals surface area contributed by atoms with Gasteiger partial charge in [-0.05, 0) is 30.0 Å². The predicted molar refractivity (Wildman–Crippen MR) is 110 cm³/mol. The summed E-state index contributed by atoms with van der Waals surface area (Å²) < 4.78 is 0. The Hall–Kier alpha value is -3.21. The van der Waals surface area contributed by atoms with Gasteiger partial charge >= 0.3 is 5.97 Å². The summed E-state index contributed by atoms with van der Waals surface area (Å²) in [5.41, 5.74) is 4.33. The highest BCUT2D eigenvalue weighted by Crippen LogP contribution is 2.23. The molecule has 5 heteroatoms. The number of benzene rings is 2. The lowest BCUT2D eigenvalue weighted by Gasteiger charge is -2.17. The Morgan fingerprint density at radius 3 is 2.32 bits per heavy atom. The van der Waals surface area contributed by atoms with Crippen LogP contribution in [0, 0.1) is 6.92 Å². The lowest BCUT2D eigenvalue weighted by molar-refractivity contribution is -0.137. The molecule has 1 aliphatic rings. The summed E-state index contributed by atoms with van der Waals surface area (Å²) >= 11 is 0.